The van der Waals surface area contributed by atoms with Crippen LogP contribution in [0, 0.1) is 0 Å². The summed E-state index contributed by atoms with van der Waals surface area (Å²) in [5.41, 5.74) is -1.56. The average molecular weight is 468 g/mol. The van der Waals surface area contributed by atoms with E-state index in [1.807, 2.05) is 0 Å². The summed E-state index contributed by atoms with van der Waals surface area (Å²) in [5, 5.41) is 69.1. The fourth-order valence-corrected chi connectivity index (χ4v) is 3.02. The minimum atomic E-state index is -1.91. The lowest BCUT2D eigenvalue weighted by Crippen LogP contribution is -2.60. The van der Waals surface area contributed by atoms with E-state index in [0.717, 1.165) is 0 Å². The highest BCUT2D eigenvalue weighted by Crippen LogP contribution is 2.28. The van der Waals surface area contributed by atoms with Crippen molar-refractivity contribution in [3.05, 3.63) is 11.6 Å². The largest absolute Gasteiger partial charge is 0.459 e. The Bertz CT molecular complexity index is 643. The molecule has 0 aromatic carbocycles. The van der Waals surface area contributed by atoms with Crippen molar-refractivity contribution >= 4 is 5.97 Å². The number of hydrogen-bond acceptors (Lipinski definition) is 13. The molecule has 0 amide bonds. The molecule has 9 atom stereocenters. The van der Waals surface area contributed by atoms with Gasteiger partial charge in [0.2, 0.25) is 0 Å². The molecule has 186 valence electrons. The first-order valence-corrected chi connectivity index (χ1v) is 10.1. The maximum atomic E-state index is 11.7. The van der Waals surface area contributed by atoms with Gasteiger partial charge in [-0.15, -0.1) is 0 Å². The van der Waals surface area contributed by atoms with Crippen LogP contribution in [0.15, 0.2) is 11.6 Å². The van der Waals surface area contributed by atoms with Crippen LogP contribution >= 0.6 is 0 Å². The highest BCUT2D eigenvalue weighted by Gasteiger charge is 2.50. The quantitative estimate of drug-likeness (QED) is 0.121. The maximum Gasteiger partial charge on any atom is 0.333 e. The molecule has 32 heavy (non-hydrogen) atoms. The first-order chi connectivity index (χ1) is 15.1. The predicted molar refractivity (Wildman–Crippen MR) is 103 cm³/mol. The van der Waals surface area contributed by atoms with Crippen molar-refractivity contribution in [1.29, 1.82) is 0 Å². The van der Waals surface area contributed by atoms with Crippen molar-refractivity contribution in [1.82, 2.24) is 0 Å². The Labute approximate surface area is 184 Å². The van der Waals surface area contributed by atoms with Crippen molar-refractivity contribution in [3.8, 4) is 0 Å². The van der Waals surface area contributed by atoms with E-state index in [-0.39, 0.29) is 13.2 Å². The summed E-state index contributed by atoms with van der Waals surface area (Å²) in [5.74, 6) is -0.626. The standard InChI is InChI=1S/C19H32O13/c1-3-9(2)16(26)28-5-10(4-20)31-17-14(24)13(23)12(22)11(32-17)6-29-18-15(25)19(27,7-21)8-30-18/h3,10-15,17-18,20-25,27H,4-8H2,1-2H3/b9-3-/t10?,11-,12-,13+,14-,15+,17-,18-,19-/m1/s1. The van der Waals surface area contributed by atoms with E-state index < -0.39 is 80.6 Å². The molecular weight excluding hydrogens is 436 g/mol. The number of aliphatic hydroxyl groups is 7. The number of esters is 1. The maximum absolute atomic E-state index is 11.7. The Morgan fingerprint density at radius 3 is 2.41 bits per heavy atom. The third-order valence-electron chi connectivity index (χ3n) is 5.36. The Kier molecular flexibility index (Phi) is 9.93. The Hall–Kier alpha value is -1.23. The van der Waals surface area contributed by atoms with Gasteiger partial charge in [0.05, 0.1) is 26.4 Å². The highest BCUT2D eigenvalue weighted by molar-refractivity contribution is 5.87. The molecule has 2 fully saturated rings. The molecule has 2 saturated heterocycles. The zero-order valence-corrected chi connectivity index (χ0v) is 17.8. The van der Waals surface area contributed by atoms with Crippen LogP contribution < -0.4 is 0 Å². The third-order valence-corrected chi connectivity index (χ3v) is 5.36. The van der Waals surface area contributed by atoms with Gasteiger partial charge >= 0.3 is 5.97 Å². The lowest BCUT2D eigenvalue weighted by atomic mass is 9.99. The first-order valence-electron chi connectivity index (χ1n) is 10.1. The SMILES string of the molecule is C/C=C(/C)C(=O)OCC(CO)O[C@@H]1O[C@H](CO[C@@H]2OC[C@](O)(CO)[C@H]2O)[C@@H](O)[C@H](O)[C@H]1O. The second-order valence-corrected chi connectivity index (χ2v) is 7.74. The molecule has 7 N–H and O–H groups in total. The fraction of sp³-hybridized carbons (Fsp3) is 0.842. The van der Waals surface area contributed by atoms with E-state index in [1.54, 1.807) is 19.9 Å². The number of rotatable bonds is 10. The molecule has 1 unspecified atom stereocenters. The van der Waals surface area contributed by atoms with Gasteiger partial charge in [-0.25, -0.2) is 4.79 Å². The lowest BCUT2D eigenvalue weighted by molar-refractivity contribution is -0.322. The molecule has 0 aliphatic carbocycles. The normalized spacial score (nSPS) is 39.2. The van der Waals surface area contributed by atoms with E-state index in [1.165, 1.54) is 0 Å². The molecule has 2 heterocycles. The minimum absolute atomic E-state index is 0.343. The van der Waals surface area contributed by atoms with E-state index >= 15 is 0 Å². The van der Waals surface area contributed by atoms with Crippen LogP contribution in [0.2, 0.25) is 0 Å². The highest BCUT2D eigenvalue weighted by atomic mass is 16.7. The number of aliphatic hydroxyl groups excluding tert-OH is 6. The van der Waals surface area contributed by atoms with Gasteiger partial charge in [0, 0.05) is 5.57 Å². The molecule has 2 rings (SSSR count). The molecule has 0 radical (unpaired) electrons. The Balaban J connectivity index is 1.95. The number of hydrogen-bond donors (Lipinski definition) is 7. The van der Waals surface area contributed by atoms with Gasteiger partial charge in [0.15, 0.2) is 12.6 Å². The summed E-state index contributed by atoms with van der Waals surface area (Å²) in [4.78, 5) is 11.7. The fourth-order valence-electron chi connectivity index (χ4n) is 3.02. The summed E-state index contributed by atoms with van der Waals surface area (Å²) in [6.45, 7) is 0.619. The van der Waals surface area contributed by atoms with E-state index in [9.17, 15) is 35.4 Å². The smallest absolute Gasteiger partial charge is 0.333 e. The lowest BCUT2D eigenvalue weighted by Gasteiger charge is -2.41. The molecule has 2 aliphatic heterocycles. The summed E-state index contributed by atoms with van der Waals surface area (Å²) in [6, 6.07) is 0. The molecule has 0 saturated carbocycles. The Morgan fingerprint density at radius 1 is 1.16 bits per heavy atom. The molecule has 0 aromatic heterocycles. The second-order valence-electron chi connectivity index (χ2n) is 7.74. The first kappa shape index (κ1) is 27.0. The Morgan fingerprint density at radius 2 is 1.84 bits per heavy atom. The van der Waals surface area contributed by atoms with Crippen molar-refractivity contribution in [2.45, 2.75) is 68.7 Å². The van der Waals surface area contributed by atoms with Crippen LogP contribution in [0.3, 0.4) is 0 Å². The summed E-state index contributed by atoms with van der Waals surface area (Å²) in [6.07, 6.45) is -10.3. The monoisotopic (exact) mass is 468 g/mol. The topological polar surface area (TPSA) is 205 Å². The van der Waals surface area contributed by atoms with Gasteiger partial charge in [-0.05, 0) is 13.8 Å². The zero-order chi connectivity index (χ0) is 24.1. The second kappa shape index (κ2) is 11.8. The number of carbonyl (C=O) groups is 1. The van der Waals surface area contributed by atoms with Crippen LogP contribution in [0.5, 0.6) is 0 Å². The third kappa shape index (κ3) is 6.21. The van der Waals surface area contributed by atoms with E-state index in [0.29, 0.717) is 5.57 Å². The van der Waals surface area contributed by atoms with Gasteiger partial charge in [-0.1, -0.05) is 6.08 Å². The molecular formula is C19H32O13. The van der Waals surface area contributed by atoms with Crippen molar-refractivity contribution in [2.75, 3.05) is 33.0 Å². The van der Waals surface area contributed by atoms with Gasteiger partial charge in [0.25, 0.3) is 0 Å². The van der Waals surface area contributed by atoms with Crippen LogP contribution in [0.4, 0.5) is 0 Å². The van der Waals surface area contributed by atoms with Crippen LogP contribution in [0.1, 0.15) is 13.8 Å². The zero-order valence-electron chi connectivity index (χ0n) is 17.8. The van der Waals surface area contributed by atoms with Gasteiger partial charge in [-0.2, -0.15) is 0 Å². The molecule has 0 spiro atoms. The van der Waals surface area contributed by atoms with Gasteiger partial charge < -0.3 is 59.4 Å². The van der Waals surface area contributed by atoms with Crippen LogP contribution in [-0.4, -0.2) is 130 Å². The van der Waals surface area contributed by atoms with E-state index in [2.05, 4.69) is 0 Å². The van der Waals surface area contributed by atoms with Gasteiger partial charge in [-0.3, -0.25) is 0 Å². The van der Waals surface area contributed by atoms with E-state index in [4.69, 9.17) is 28.8 Å². The van der Waals surface area contributed by atoms with Crippen LogP contribution in [0.25, 0.3) is 0 Å². The van der Waals surface area contributed by atoms with Crippen LogP contribution in [-0.2, 0) is 28.5 Å². The summed E-state index contributed by atoms with van der Waals surface area (Å²) in [7, 11) is 0. The molecule has 13 nitrogen and oxygen atoms in total. The molecule has 13 heteroatoms. The molecule has 2 aliphatic rings. The number of ether oxygens (including phenoxy) is 5. The van der Waals surface area contributed by atoms with Crippen molar-refractivity contribution in [2.24, 2.45) is 0 Å². The number of allylic oxidation sites excluding steroid dienone is 1. The number of carbonyl (C=O) groups excluding carboxylic acids is 1. The summed E-state index contributed by atoms with van der Waals surface area (Å²) < 4.78 is 26.2. The van der Waals surface area contributed by atoms with Crippen molar-refractivity contribution < 1.29 is 64.2 Å². The van der Waals surface area contributed by atoms with Crippen molar-refractivity contribution in [3.63, 3.8) is 0 Å². The average Bonchev–Trinajstić information content (AvgIpc) is 3.09. The van der Waals surface area contributed by atoms with Gasteiger partial charge in [0.1, 0.15) is 48.8 Å². The predicted octanol–water partition coefficient (Wildman–Crippen LogP) is -3.86. The molecule has 0 bridgehead atoms. The minimum Gasteiger partial charge on any atom is -0.459 e. The molecule has 0 aromatic rings. The summed E-state index contributed by atoms with van der Waals surface area (Å²) >= 11 is 0.